The van der Waals surface area contributed by atoms with Gasteiger partial charge < -0.3 is 4.74 Å². The van der Waals surface area contributed by atoms with Gasteiger partial charge in [0, 0.05) is 0 Å². The summed E-state index contributed by atoms with van der Waals surface area (Å²) in [7, 11) is 0. The van der Waals surface area contributed by atoms with E-state index in [1.54, 1.807) is 0 Å². The molecule has 0 atom stereocenters. The van der Waals surface area contributed by atoms with E-state index in [2.05, 4.69) is 20.8 Å². The summed E-state index contributed by atoms with van der Waals surface area (Å²) in [6.45, 7) is 9.99. The molecule has 0 aliphatic carbocycles. The molecule has 0 amide bonds. The smallest absolute Gasteiger partial charge is 0.306 e. The van der Waals surface area contributed by atoms with E-state index in [9.17, 15) is 4.79 Å². The summed E-state index contributed by atoms with van der Waals surface area (Å²) in [5, 5.41) is 0. The van der Waals surface area contributed by atoms with Crippen molar-refractivity contribution in [3.05, 3.63) is 0 Å². The van der Waals surface area contributed by atoms with E-state index in [1.807, 2.05) is 13.8 Å². The van der Waals surface area contributed by atoms with Crippen molar-refractivity contribution in [2.75, 3.05) is 0 Å². The van der Waals surface area contributed by atoms with Crippen molar-refractivity contribution in [2.24, 2.45) is 5.41 Å². The van der Waals surface area contributed by atoms with Crippen molar-refractivity contribution < 1.29 is 9.53 Å². The zero-order chi connectivity index (χ0) is 9.78. The quantitative estimate of drug-likeness (QED) is 0.609. The predicted octanol–water partition coefficient (Wildman–Crippen LogP) is 2.76. The molecule has 72 valence electrons. The van der Waals surface area contributed by atoms with Crippen LogP contribution in [-0.2, 0) is 9.53 Å². The third-order valence-electron chi connectivity index (χ3n) is 1.95. The molecule has 2 heteroatoms. The average Bonchev–Trinajstić information content (AvgIpc) is 1.84. The van der Waals surface area contributed by atoms with Gasteiger partial charge in [0.2, 0.25) is 0 Å². The molecule has 0 rings (SSSR count). The fourth-order valence-corrected chi connectivity index (χ4v) is 0.820. The van der Waals surface area contributed by atoms with Gasteiger partial charge in [-0.3, -0.25) is 4.79 Å². The first-order valence-electron chi connectivity index (χ1n) is 4.57. The van der Waals surface area contributed by atoms with Crippen LogP contribution in [0.2, 0.25) is 0 Å². The molecule has 0 saturated heterocycles. The van der Waals surface area contributed by atoms with Crippen LogP contribution in [0, 0.1) is 5.41 Å². The van der Waals surface area contributed by atoms with Crippen LogP contribution in [0.3, 0.4) is 0 Å². The van der Waals surface area contributed by atoms with Crippen LogP contribution >= 0.6 is 0 Å². The van der Waals surface area contributed by atoms with E-state index in [0.717, 1.165) is 6.42 Å². The van der Waals surface area contributed by atoms with E-state index >= 15 is 0 Å². The maximum atomic E-state index is 11.2. The SMILES string of the molecule is CCC(C)(C)CC(=O)OC(C)C. The average molecular weight is 172 g/mol. The van der Waals surface area contributed by atoms with Gasteiger partial charge in [-0.25, -0.2) is 0 Å². The van der Waals surface area contributed by atoms with Gasteiger partial charge in [0.1, 0.15) is 0 Å². The lowest BCUT2D eigenvalue weighted by Gasteiger charge is -2.21. The Bertz CT molecular complexity index is 148. The van der Waals surface area contributed by atoms with Gasteiger partial charge in [0.05, 0.1) is 12.5 Å². The number of esters is 1. The van der Waals surface area contributed by atoms with E-state index in [-0.39, 0.29) is 17.5 Å². The van der Waals surface area contributed by atoms with Gasteiger partial charge in [-0.1, -0.05) is 27.2 Å². The number of hydrogen-bond acceptors (Lipinski definition) is 2. The Morgan fingerprint density at radius 3 is 2.25 bits per heavy atom. The molecule has 0 heterocycles. The molecule has 2 nitrogen and oxygen atoms in total. The molecule has 0 radical (unpaired) electrons. The fourth-order valence-electron chi connectivity index (χ4n) is 0.820. The minimum Gasteiger partial charge on any atom is -0.463 e. The van der Waals surface area contributed by atoms with Crippen LogP contribution in [-0.4, -0.2) is 12.1 Å². The molecule has 0 aromatic heterocycles. The van der Waals surface area contributed by atoms with E-state index < -0.39 is 0 Å². The third-order valence-corrected chi connectivity index (χ3v) is 1.95. The first-order valence-corrected chi connectivity index (χ1v) is 4.57. The highest BCUT2D eigenvalue weighted by Gasteiger charge is 2.20. The summed E-state index contributed by atoms with van der Waals surface area (Å²) in [4.78, 5) is 11.2. The van der Waals surface area contributed by atoms with Crippen LogP contribution in [0.5, 0.6) is 0 Å². The summed E-state index contributed by atoms with van der Waals surface area (Å²) < 4.78 is 5.05. The molecule has 0 aromatic rings. The third kappa shape index (κ3) is 5.16. The Hall–Kier alpha value is -0.530. The lowest BCUT2D eigenvalue weighted by Crippen LogP contribution is -2.20. The maximum absolute atomic E-state index is 11.2. The number of hydrogen-bond donors (Lipinski definition) is 0. The number of ether oxygens (including phenoxy) is 1. The highest BCUT2D eigenvalue weighted by molar-refractivity contribution is 5.70. The number of rotatable bonds is 4. The number of carbonyl (C=O) groups excluding carboxylic acids is 1. The van der Waals surface area contributed by atoms with Crippen molar-refractivity contribution >= 4 is 5.97 Å². The molecule has 0 bridgehead atoms. The van der Waals surface area contributed by atoms with Crippen molar-refractivity contribution in [2.45, 2.75) is 53.6 Å². The van der Waals surface area contributed by atoms with Gasteiger partial charge in [0.25, 0.3) is 0 Å². The Labute approximate surface area is 75.3 Å². The molecule has 0 spiro atoms. The van der Waals surface area contributed by atoms with E-state index in [1.165, 1.54) is 0 Å². The lowest BCUT2D eigenvalue weighted by molar-refractivity contribution is -0.149. The standard InChI is InChI=1S/C10H20O2/c1-6-10(4,5)7-9(11)12-8(2)3/h8H,6-7H2,1-5H3. The Kier molecular flexibility index (Phi) is 4.29. The first-order chi connectivity index (χ1) is 5.37. The Balaban J connectivity index is 3.84. The molecular formula is C10H20O2. The second-order valence-electron chi connectivity index (χ2n) is 4.23. The number of carbonyl (C=O) groups is 1. The van der Waals surface area contributed by atoms with Crippen LogP contribution in [0.4, 0.5) is 0 Å². The predicted molar refractivity (Wildman–Crippen MR) is 49.9 cm³/mol. The van der Waals surface area contributed by atoms with Gasteiger partial charge in [-0.2, -0.15) is 0 Å². The van der Waals surface area contributed by atoms with Crippen LogP contribution in [0.15, 0.2) is 0 Å². The van der Waals surface area contributed by atoms with E-state index in [4.69, 9.17) is 4.74 Å². The van der Waals surface area contributed by atoms with Crippen molar-refractivity contribution in [3.8, 4) is 0 Å². The lowest BCUT2D eigenvalue weighted by atomic mass is 9.87. The Morgan fingerprint density at radius 1 is 1.42 bits per heavy atom. The molecule has 0 N–H and O–H groups in total. The molecule has 12 heavy (non-hydrogen) atoms. The molecule has 0 fully saturated rings. The monoisotopic (exact) mass is 172 g/mol. The minimum atomic E-state index is -0.0862. The molecule has 0 unspecified atom stereocenters. The normalized spacial score (nSPS) is 11.8. The Morgan fingerprint density at radius 2 is 1.92 bits per heavy atom. The topological polar surface area (TPSA) is 26.3 Å². The summed E-state index contributed by atoms with van der Waals surface area (Å²) in [6, 6.07) is 0. The van der Waals surface area contributed by atoms with Gasteiger partial charge >= 0.3 is 5.97 Å². The summed E-state index contributed by atoms with van der Waals surface area (Å²) in [6.07, 6.45) is 1.52. The van der Waals surface area contributed by atoms with Crippen LogP contribution in [0.1, 0.15) is 47.5 Å². The molecule has 0 saturated carbocycles. The molecular weight excluding hydrogens is 152 g/mol. The van der Waals surface area contributed by atoms with Crippen LogP contribution in [0.25, 0.3) is 0 Å². The second kappa shape index (κ2) is 4.48. The summed E-state index contributed by atoms with van der Waals surface area (Å²) >= 11 is 0. The molecule has 0 aliphatic rings. The largest absolute Gasteiger partial charge is 0.463 e. The van der Waals surface area contributed by atoms with Crippen molar-refractivity contribution in [3.63, 3.8) is 0 Å². The van der Waals surface area contributed by atoms with Crippen molar-refractivity contribution in [1.29, 1.82) is 0 Å². The zero-order valence-electron chi connectivity index (χ0n) is 8.81. The summed E-state index contributed by atoms with van der Waals surface area (Å²) in [5.41, 5.74) is 0.0754. The second-order valence-corrected chi connectivity index (χ2v) is 4.23. The fraction of sp³-hybridized carbons (Fsp3) is 0.900. The maximum Gasteiger partial charge on any atom is 0.306 e. The minimum absolute atomic E-state index is 0.00477. The van der Waals surface area contributed by atoms with Gasteiger partial charge in [0.15, 0.2) is 0 Å². The van der Waals surface area contributed by atoms with Crippen LogP contribution < -0.4 is 0 Å². The highest BCUT2D eigenvalue weighted by Crippen LogP contribution is 2.24. The van der Waals surface area contributed by atoms with Gasteiger partial charge in [-0.15, -0.1) is 0 Å². The zero-order valence-corrected chi connectivity index (χ0v) is 8.81. The van der Waals surface area contributed by atoms with Crippen molar-refractivity contribution in [1.82, 2.24) is 0 Å². The van der Waals surface area contributed by atoms with Gasteiger partial charge in [-0.05, 0) is 19.3 Å². The molecule has 0 aliphatic heterocycles. The summed E-state index contributed by atoms with van der Waals surface area (Å²) in [5.74, 6) is -0.0862. The highest BCUT2D eigenvalue weighted by atomic mass is 16.5. The van der Waals surface area contributed by atoms with E-state index in [0.29, 0.717) is 6.42 Å². The first kappa shape index (κ1) is 11.5. The molecule has 0 aromatic carbocycles.